The van der Waals surface area contributed by atoms with Crippen LogP contribution in [0.5, 0.6) is 0 Å². The lowest BCUT2D eigenvalue weighted by molar-refractivity contribution is 0.364. The Bertz CT molecular complexity index is 82.4. The highest BCUT2D eigenvalue weighted by Gasteiger charge is 1.94. The van der Waals surface area contributed by atoms with Crippen LogP contribution in [0.4, 0.5) is 0 Å². The molecule has 0 heterocycles. The summed E-state index contributed by atoms with van der Waals surface area (Å²) in [6.45, 7) is 6.01. The molecule has 0 aromatic heterocycles. The number of allylic oxidation sites excluding steroid dienone is 2. The zero-order chi connectivity index (χ0) is 6.57. The summed E-state index contributed by atoms with van der Waals surface area (Å²) < 4.78 is 0. The van der Waals surface area contributed by atoms with Crippen molar-refractivity contribution in [3.8, 4) is 0 Å². The fourth-order valence-corrected chi connectivity index (χ4v) is 0.536. The summed E-state index contributed by atoms with van der Waals surface area (Å²) in [4.78, 5) is 0. The third-order valence-electron chi connectivity index (χ3n) is 0.951. The summed E-state index contributed by atoms with van der Waals surface area (Å²) in [7, 11) is 0. The molecule has 0 unspecified atom stereocenters. The first-order valence-corrected chi connectivity index (χ1v) is 3.01. The van der Waals surface area contributed by atoms with Crippen molar-refractivity contribution in [2.45, 2.75) is 27.2 Å². The molecule has 0 aromatic carbocycles. The Kier molecular flexibility index (Phi) is 3.33. The fourth-order valence-electron chi connectivity index (χ4n) is 0.536. The van der Waals surface area contributed by atoms with Crippen LogP contribution in [-0.4, -0.2) is 5.11 Å². The van der Waals surface area contributed by atoms with Crippen LogP contribution in [-0.2, 0) is 0 Å². The Balaban J connectivity index is 3.39. The normalized spacial score (nSPS) is 12.8. The van der Waals surface area contributed by atoms with E-state index in [0.29, 0.717) is 11.7 Å². The summed E-state index contributed by atoms with van der Waals surface area (Å²) in [5, 5.41) is 8.89. The van der Waals surface area contributed by atoms with Gasteiger partial charge in [-0.25, -0.2) is 0 Å². The standard InChI is InChI=1S/C7H14O/c1-4-7(8)5-6(2)3/h4,6,8H,5H2,1-3H3/b7-4+. The maximum Gasteiger partial charge on any atom is 0.0882 e. The van der Waals surface area contributed by atoms with E-state index in [9.17, 15) is 0 Å². The SMILES string of the molecule is C/C=C(/O)CC(C)C. The Morgan fingerprint density at radius 2 is 2.12 bits per heavy atom. The van der Waals surface area contributed by atoms with E-state index in [-0.39, 0.29) is 0 Å². The van der Waals surface area contributed by atoms with Crippen molar-refractivity contribution in [2.24, 2.45) is 5.92 Å². The Labute approximate surface area is 51.0 Å². The largest absolute Gasteiger partial charge is 0.513 e. The van der Waals surface area contributed by atoms with E-state index in [2.05, 4.69) is 13.8 Å². The van der Waals surface area contributed by atoms with Gasteiger partial charge in [0.15, 0.2) is 0 Å². The molecule has 0 fully saturated rings. The topological polar surface area (TPSA) is 20.2 Å². The molecule has 1 N–H and O–H groups in total. The molecule has 0 atom stereocenters. The molecule has 8 heavy (non-hydrogen) atoms. The third kappa shape index (κ3) is 3.72. The van der Waals surface area contributed by atoms with Gasteiger partial charge in [-0.1, -0.05) is 13.8 Å². The van der Waals surface area contributed by atoms with Crippen molar-refractivity contribution in [2.75, 3.05) is 0 Å². The van der Waals surface area contributed by atoms with Crippen LogP contribution in [0.2, 0.25) is 0 Å². The lowest BCUT2D eigenvalue weighted by atomic mass is 10.1. The minimum Gasteiger partial charge on any atom is -0.513 e. The van der Waals surface area contributed by atoms with E-state index in [1.54, 1.807) is 6.08 Å². The molecule has 0 spiro atoms. The zero-order valence-electron chi connectivity index (χ0n) is 5.81. The molecule has 0 aliphatic rings. The highest BCUT2D eigenvalue weighted by atomic mass is 16.3. The van der Waals surface area contributed by atoms with Gasteiger partial charge in [0.2, 0.25) is 0 Å². The van der Waals surface area contributed by atoms with Gasteiger partial charge < -0.3 is 5.11 Å². The van der Waals surface area contributed by atoms with Crippen LogP contribution in [0.15, 0.2) is 11.8 Å². The average molecular weight is 114 g/mol. The van der Waals surface area contributed by atoms with Crippen LogP contribution in [0.1, 0.15) is 27.2 Å². The molecular weight excluding hydrogens is 100 g/mol. The molecule has 0 rings (SSSR count). The van der Waals surface area contributed by atoms with Crippen LogP contribution in [0.25, 0.3) is 0 Å². The molecule has 0 bridgehead atoms. The van der Waals surface area contributed by atoms with E-state index in [4.69, 9.17) is 5.11 Å². The zero-order valence-corrected chi connectivity index (χ0v) is 5.81. The second kappa shape index (κ2) is 3.53. The number of hydrogen-bond donors (Lipinski definition) is 1. The summed E-state index contributed by atoms with van der Waals surface area (Å²) in [6, 6.07) is 0. The van der Waals surface area contributed by atoms with Crippen molar-refractivity contribution in [3.05, 3.63) is 11.8 Å². The van der Waals surface area contributed by atoms with E-state index in [1.807, 2.05) is 6.92 Å². The van der Waals surface area contributed by atoms with Gasteiger partial charge in [0.05, 0.1) is 5.76 Å². The lowest BCUT2D eigenvalue weighted by Gasteiger charge is -2.00. The van der Waals surface area contributed by atoms with Gasteiger partial charge in [-0.3, -0.25) is 0 Å². The second-order valence-corrected chi connectivity index (χ2v) is 2.38. The summed E-state index contributed by atoms with van der Waals surface area (Å²) >= 11 is 0. The molecule has 1 heteroatoms. The van der Waals surface area contributed by atoms with Gasteiger partial charge in [0, 0.05) is 6.42 Å². The molecule has 0 saturated carbocycles. The highest BCUT2D eigenvalue weighted by Crippen LogP contribution is 2.05. The number of aliphatic hydroxyl groups excluding tert-OH is 1. The van der Waals surface area contributed by atoms with Crippen molar-refractivity contribution in [1.29, 1.82) is 0 Å². The molecule has 0 aromatic rings. The first kappa shape index (κ1) is 7.54. The van der Waals surface area contributed by atoms with Crippen LogP contribution in [0.3, 0.4) is 0 Å². The summed E-state index contributed by atoms with van der Waals surface area (Å²) in [6.07, 6.45) is 2.54. The minimum atomic E-state index is 0.500. The molecule has 48 valence electrons. The Hall–Kier alpha value is -0.460. The highest BCUT2D eigenvalue weighted by molar-refractivity contribution is 4.87. The molecule has 1 nitrogen and oxygen atoms in total. The van der Waals surface area contributed by atoms with Gasteiger partial charge >= 0.3 is 0 Å². The molecule has 0 amide bonds. The Morgan fingerprint density at radius 1 is 1.62 bits per heavy atom. The van der Waals surface area contributed by atoms with E-state index >= 15 is 0 Å². The molecular formula is C7H14O. The van der Waals surface area contributed by atoms with Gasteiger partial charge in [0.25, 0.3) is 0 Å². The van der Waals surface area contributed by atoms with E-state index in [1.165, 1.54) is 0 Å². The predicted octanol–water partition coefficient (Wildman–Crippen LogP) is 2.49. The number of aliphatic hydroxyl groups is 1. The van der Waals surface area contributed by atoms with Crippen molar-refractivity contribution in [1.82, 2.24) is 0 Å². The Morgan fingerprint density at radius 3 is 2.25 bits per heavy atom. The molecule has 0 aliphatic heterocycles. The third-order valence-corrected chi connectivity index (χ3v) is 0.951. The smallest absolute Gasteiger partial charge is 0.0882 e. The molecule has 0 saturated heterocycles. The van der Waals surface area contributed by atoms with E-state index < -0.39 is 0 Å². The van der Waals surface area contributed by atoms with Crippen LogP contribution in [0, 0.1) is 5.92 Å². The maximum atomic E-state index is 8.89. The maximum absolute atomic E-state index is 8.89. The fraction of sp³-hybridized carbons (Fsp3) is 0.714. The first-order chi connectivity index (χ1) is 3.66. The van der Waals surface area contributed by atoms with Gasteiger partial charge in [-0.05, 0) is 18.9 Å². The number of hydrogen-bond acceptors (Lipinski definition) is 1. The first-order valence-electron chi connectivity index (χ1n) is 3.01. The van der Waals surface area contributed by atoms with Gasteiger partial charge in [-0.2, -0.15) is 0 Å². The second-order valence-electron chi connectivity index (χ2n) is 2.38. The van der Waals surface area contributed by atoms with Crippen molar-refractivity contribution < 1.29 is 5.11 Å². The molecule has 0 radical (unpaired) electrons. The molecule has 0 aliphatic carbocycles. The minimum absolute atomic E-state index is 0.500. The predicted molar refractivity (Wildman–Crippen MR) is 35.8 cm³/mol. The van der Waals surface area contributed by atoms with Gasteiger partial charge in [0.1, 0.15) is 0 Å². The summed E-state index contributed by atoms with van der Waals surface area (Å²) in [5.41, 5.74) is 0. The monoisotopic (exact) mass is 114 g/mol. The van der Waals surface area contributed by atoms with Crippen LogP contribution >= 0.6 is 0 Å². The van der Waals surface area contributed by atoms with Gasteiger partial charge in [-0.15, -0.1) is 0 Å². The van der Waals surface area contributed by atoms with Crippen LogP contribution < -0.4 is 0 Å². The lowest BCUT2D eigenvalue weighted by Crippen LogP contribution is -1.88. The van der Waals surface area contributed by atoms with Crippen molar-refractivity contribution in [3.63, 3.8) is 0 Å². The number of rotatable bonds is 2. The van der Waals surface area contributed by atoms with Crippen molar-refractivity contribution >= 4 is 0 Å². The quantitative estimate of drug-likeness (QED) is 0.547. The van der Waals surface area contributed by atoms with E-state index in [0.717, 1.165) is 6.42 Å². The summed E-state index contributed by atoms with van der Waals surface area (Å²) in [5.74, 6) is 1.06. The average Bonchev–Trinajstić information content (AvgIpc) is 1.65.